The first-order valence-electron chi connectivity index (χ1n) is 10.4. The van der Waals surface area contributed by atoms with Crippen LogP contribution in [0.25, 0.3) is 0 Å². The maximum absolute atomic E-state index is 13.3. The van der Waals surface area contributed by atoms with Crippen LogP contribution in [0.2, 0.25) is 0 Å². The minimum atomic E-state index is -0.427. The Bertz CT molecular complexity index is 907. The average Bonchev–Trinajstić information content (AvgIpc) is 2.80. The number of methoxy groups -OCH3 is 1. The number of esters is 1. The second-order valence-electron chi connectivity index (χ2n) is 7.95. The molecule has 3 atom stereocenters. The first-order chi connectivity index (χ1) is 14.7. The SMILES string of the molecule is COc1ccc(COC(=O)C2CC=CC3CCN(Cc4ccccc4)C(=O)C32)cc1. The van der Waals surface area contributed by atoms with Crippen LogP contribution in [-0.4, -0.2) is 30.4 Å². The van der Waals surface area contributed by atoms with Crippen LogP contribution in [0.4, 0.5) is 0 Å². The van der Waals surface area contributed by atoms with E-state index in [4.69, 9.17) is 9.47 Å². The topological polar surface area (TPSA) is 55.8 Å². The number of piperidine rings is 1. The lowest BCUT2D eigenvalue weighted by atomic mass is 9.71. The number of fused-ring (bicyclic) bond motifs is 1. The van der Waals surface area contributed by atoms with Gasteiger partial charge in [-0.25, -0.2) is 0 Å². The minimum Gasteiger partial charge on any atom is -0.497 e. The molecule has 5 heteroatoms. The van der Waals surface area contributed by atoms with Crippen LogP contribution in [-0.2, 0) is 27.5 Å². The van der Waals surface area contributed by atoms with Crippen molar-refractivity contribution in [1.82, 2.24) is 4.90 Å². The summed E-state index contributed by atoms with van der Waals surface area (Å²) in [6.07, 6.45) is 5.56. The van der Waals surface area contributed by atoms with E-state index in [0.717, 1.165) is 23.3 Å². The molecular formula is C25H27NO4. The van der Waals surface area contributed by atoms with Gasteiger partial charge in [-0.2, -0.15) is 0 Å². The lowest BCUT2D eigenvalue weighted by Crippen LogP contribution is -2.50. The number of amides is 1. The molecule has 1 amide bonds. The Morgan fingerprint density at radius 2 is 1.83 bits per heavy atom. The predicted octanol–water partition coefficient (Wildman–Crippen LogP) is 3.98. The fraction of sp³-hybridized carbons (Fsp3) is 0.360. The highest BCUT2D eigenvalue weighted by atomic mass is 16.5. The van der Waals surface area contributed by atoms with Gasteiger partial charge in [0.05, 0.1) is 18.9 Å². The molecule has 1 aliphatic heterocycles. The number of carbonyl (C=O) groups is 2. The Kier molecular flexibility index (Phi) is 6.17. The smallest absolute Gasteiger partial charge is 0.310 e. The fourth-order valence-electron chi connectivity index (χ4n) is 4.41. The van der Waals surface area contributed by atoms with E-state index in [1.54, 1.807) is 7.11 Å². The van der Waals surface area contributed by atoms with Crippen LogP contribution in [0.5, 0.6) is 5.75 Å². The highest BCUT2D eigenvalue weighted by molar-refractivity contribution is 5.87. The molecule has 2 aliphatic rings. The third-order valence-corrected chi connectivity index (χ3v) is 6.06. The number of carbonyl (C=O) groups excluding carboxylic acids is 2. The van der Waals surface area contributed by atoms with Crippen LogP contribution in [0.15, 0.2) is 66.7 Å². The molecule has 4 rings (SSSR count). The number of allylic oxidation sites excluding steroid dienone is 2. The Morgan fingerprint density at radius 1 is 1.07 bits per heavy atom. The number of benzene rings is 2. The van der Waals surface area contributed by atoms with Gasteiger partial charge in [0, 0.05) is 13.1 Å². The van der Waals surface area contributed by atoms with Gasteiger partial charge in [0.1, 0.15) is 12.4 Å². The zero-order chi connectivity index (χ0) is 20.9. The van der Waals surface area contributed by atoms with E-state index in [1.165, 1.54) is 0 Å². The van der Waals surface area contributed by atoms with Crippen LogP contribution in [0.1, 0.15) is 24.0 Å². The average molecular weight is 405 g/mol. The van der Waals surface area contributed by atoms with Gasteiger partial charge in [-0.3, -0.25) is 9.59 Å². The highest BCUT2D eigenvalue weighted by Gasteiger charge is 2.45. The van der Waals surface area contributed by atoms with Gasteiger partial charge in [-0.05, 0) is 42.0 Å². The first kappa shape index (κ1) is 20.2. The molecule has 0 N–H and O–H groups in total. The number of likely N-dealkylation sites (tertiary alicyclic amines) is 1. The van der Waals surface area contributed by atoms with Crippen molar-refractivity contribution in [1.29, 1.82) is 0 Å². The Hall–Kier alpha value is -3.08. The van der Waals surface area contributed by atoms with Crippen molar-refractivity contribution in [2.75, 3.05) is 13.7 Å². The Balaban J connectivity index is 1.42. The van der Waals surface area contributed by atoms with Crippen molar-refractivity contribution < 1.29 is 19.1 Å². The number of hydrogen-bond donors (Lipinski definition) is 0. The molecule has 0 saturated carbocycles. The molecule has 0 aromatic heterocycles. The second-order valence-corrected chi connectivity index (χ2v) is 7.95. The summed E-state index contributed by atoms with van der Waals surface area (Å²) in [4.78, 5) is 28.1. The second kappa shape index (κ2) is 9.16. The van der Waals surface area contributed by atoms with E-state index in [-0.39, 0.29) is 30.3 Å². The fourth-order valence-corrected chi connectivity index (χ4v) is 4.41. The summed E-state index contributed by atoms with van der Waals surface area (Å²) in [6.45, 7) is 1.50. The van der Waals surface area contributed by atoms with Crippen molar-refractivity contribution in [3.05, 3.63) is 77.9 Å². The molecule has 0 bridgehead atoms. The number of rotatable bonds is 6. The van der Waals surface area contributed by atoms with E-state index in [1.807, 2.05) is 65.6 Å². The summed E-state index contributed by atoms with van der Waals surface area (Å²) in [5.41, 5.74) is 2.00. The van der Waals surface area contributed by atoms with E-state index in [0.29, 0.717) is 19.5 Å². The molecular weight excluding hydrogens is 378 g/mol. The number of ether oxygens (including phenoxy) is 2. The number of hydrogen-bond acceptors (Lipinski definition) is 4. The van der Waals surface area contributed by atoms with Crippen molar-refractivity contribution in [3.8, 4) is 5.75 Å². The van der Waals surface area contributed by atoms with Gasteiger partial charge in [-0.15, -0.1) is 0 Å². The van der Waals surface area contributed by atoms with Crippen molar-refractivity contribution in [2.45, 2.75) is 26.0 Å². The molecule has 0 spiro atoms. The standard InChI is InChI=1S/C25H27NO4/c1-29-21-12-10-19(11-13-21)17-30-25(28)22-9-5-8-20-14-15-26(24(27)23(20)22)16-18-6-3-2-4-7-18/h2-8,10-13,20,22-23H,9,14-17H2,1H3. The maximum atomic E-state index is 13.3. The van der Waals surface area contributed by atoms with E-state index in [9.17, 15) is 9.59 Å². The number of nitrogens with zero attached hydrogens (tertiary/aromatic N) is 1. The summed E-state index contributed by atoms with van der Waals surface area (Å²) in [5, 5.41) is 0. The van der Waals surface area contributed by atoms with Crippen LogP contribution < -0.4 is 4.74 Å². The van der Waals surface area contributed by atoms with Crippen molar-refractivity contribution in [2.24, 2.45) is 17.8 Å². The van der Waals surface area contributed by atoms with Crippen LogP contribution in [0.3, 0.4) is 0 Å². The molecule has 5 nitrogen and oxygen atoms in total. The first-order valence-corrected chi connectivity index (χ1v) is 10.4. The molecule has 2 aromatic carbocycles. The summed E-state index contributed by atoms with van der Waals surface area (Å²) in [7, 11) is 1.62. The molecule has 156 valence electrons. The lowest BCUT2D eigenvalue weighted by molar-refractivity contribution is -0.160. The highest BCUT2D eigenvalue weighted by Crippen LogP contribution is 2.38. The minimum absolute atomic E-state index is 0.0610. The van der Waals surface area contributed by atoms with Crippen molar-refractivity contribution in [3.63, 3.8) is 0 Å². The monoisotopic (exact) mass is 405 g/mol. The molecule has 1 heterocycles. The normalized spacial score (nSPS) is 23.0. The third-order valence-electron chi connectivity index (χ3n) is 6.06. The van der Waals surface area contributed by atoms with Gasteiger partial charge in [0.2, 0.25) is 5.91 Å². The molecule has 0 radical (unpaired) electrons. The predicted molar refractivity (Wildman–Crippen MR) is 113 cm³/mol. The lowest BCUT2D eigenvalue weighted by Gasteiger charge is -2.41. The van der Waals surface area contributed by atoms with E-state index >= 15 is 0 Å². The van der Waals surface area contributed by atoms with Gasteiger partial charge < -0.3 is 14.4 Å². The molecule has 2 aromatic rings. The van der Waals surface area contributed by atoms with Crippen molar-refractivity contribution >= 4 is 11.9 Å². The molecule has 1 saturated heterocycles. The van der Waals surface area contributed by atoms with Gasteiger partial charge >= 0.3 is 5.97 Å². The zero-order valence-electron chi connectivity index (χ0n) is 17.2. The third kappa shape index (κ3) is 4.40. The van der Waals surface area contributed by atoms with Crippen LogP contribution in [0, 0.1) is 17.8 Å². The summed E-state index contributed by atoms with van der Waals surface area (Å²) in [6, 6.07) is 17.4. The Morgan fingerprint density at radius 3 is 2.57 bits per heavy atom. The maximum Gasteiger partial charge on any atom is 0.310 e. The quantitative estimate of drug-likeness (QED) is 0.539. The molecule has 30 heavy (non-hydrogen) atoms. The van der Waals surface area contributed by atoms with Gasteiger partial charge in [0.15, 0.2) is 0 Å². The largest absolute Gasteiger partial charge is 0.497 e. The summed E-state index contributed by atoms with van der Waals surface area (Å²) in [5.74, 6) is -0.125. The van der Waals surface area contributed by atoms with Gasteiger partial charge in [0.25, 0.3) is 0 Å². The summed E-state index contributed by atoms with van der Waals surface area (Å²) >= 11 is 0. The Labute approximate surface area is 177 Å². The molecule has 3 unspecified atom stereocenters. The van der Waals surface area contributed by atoms with Crippen LogP contribution >= 0.6 is 0 Å². The van der Waals surface area contributed by atoms with E-state index in [2.05, 4.69) is 6.08 Å². The zero-order valence-corrected chi connectivity index (χ0v) is 17.2. The van der Waals surface area contributed by atoms with E-state index < -0.39 is 5.92 Å². The van der Waals surface area contributed by atoms with Gasteiger partial charge in [-0.1, -0.05) is 54.6 Å². The summed E-state index contributed by atoms with van der Waals surface area (Å²) < 4.78 is 10.8. The molecule has 1 fully saturated rings. The molecule has 1 aliphatic carbocycles.